The van der Waals surface area contributed by atoms with Gasteiger partial charge in [-0.25, -0.2) is 9.97 Å². The van der Waals surface area contributed by atoms with Crippen molar-refractivity contribution in [2.75, 3.05) is 5.73 Å². The van der Waals surface area contributed by atoms with Crippen molar-refractivity contribution in [1.82, 2.24) is 9.97 Å². The summed E-state index contributed by atoms with van der Waals surface area (Å²) in [5.74, 6) is -0.838. The second kappa shape index (κ2) is 4.12. The number of anilines is 1. The van der Waals surface area contributed by atoms with Crippen molar-refractivity contribution in [1.29, 1.82) is 0 Å². The van der Waals surface area contributed by atoms with Crippen LogP contribution in [-0.2, 0) is 0 Å². The molecule has 1 heterocycles. The molecule has 6 nitrogen and oxygen atoms in total. The van der Waals surface area contributed by atoms with E-state index in [2.05, 4.69) is 9.97 Å². The van der Waals surface area contributed by atoms with Crippen LogP contribution in [0, 0.1) is 15.9 Å². The Morgan fingerprint density at radius 1 is 1.35 bits per heavy atom. The minimum atomic E-state index is -0.888. The Hall–Kier alpha value is -2.57. The number of nitro groups is 1. The number of hydrogen-bond acceptors (Lipinski definition) is 5. The zero-order chi connectivity index (χ0) is 12.4. The van der Waals surface area contributed by atoms with Gasteiger partial charge in [-0.2, -0.15) is 4.39 Å². The van der Waals surface area contributed by atoms with Gasteiger partial charge >= 0.3 is 5.69 Å². The van der Waals surface area contributed by atoms with Gasteiger partial charge in [0.05, 0.1) is 10.6 Å². The summed E-state index contributed by atoms with van der Waals surface area (Å²) in [7, 11) is 0. The minimum Gasteiger partial charge on any atom is -0.368 e. The largest absolute Gasteiger partial charge is 0.368 e. The second-order valence-electron chi connectivity index (χ2n) is 3.22. The van der Waals surface area contributed by atoms with Crippen LogP contribution >= 0.6 is 0 Å². The van der Waals surface area contributed by atoms with Crippen LogP contribution in [0.1, 0.15) is 0 Å². The molecule has 0 unspecified atom stereocenters. The molecule has 86 valence electrons. The van der Waals surface area contributed by atoms with E-state index in [-0.39, 0.29) is 5.95 Å². The lowest BCUT2D eigenvalue weighted by atomic mass is 10.1. The summed E-state index contributed by atoms with van der Waals surface area (Å²) in [5, 5.41) is 10.6. The summed E-state index contributed by atoms with van der Waals surface area (Å²) >= 11 is 0. The maximum Gasteiger partial charge on any atom is 0.305 e. The molecule has 0 amide bonds. The average Bonchev–Trinajstić information content (AvgIpc) is 2.29. The summed E-state index contributed by atoms with van der Waals surface area (Å²) in [6, 6.07) is 5.06. The van der Waals surface area contributed by atoms with E-state index in [9.17, 15) is 14.5 Å². The molecule has 1 aromatic carbocycles. The highest BCUT2D eigenvalue weighted by atomic mass is 19.1. The van der Waals surface area contributed by atoms with Crippen LogP contribution in [0.3, 0.4) is 0 Å². The zero-order valence-electron chi connectivity index (χ0n) is 8.50. The quantitative estimate of drug-likeness (QED) is 0.631. The Morgan fingerprint density at radius 2 is 2.12 bits per heavy atom. The SMILES string of the molecule is Nc1nccc(-c2ccc(F)c([N+](=O)[O-])c2)n1. The second-order valence-corrected chi connectivity index (χ2v) is 3.22. The molecule has 0 aliphatic rings. The smallest absolute Gasteiger partial charge is 0.305 e. The molecule has 0 aliphatic heterocycles. The minimum absolute atomic E-state index is 0.0504. The highest BCUT2D eigenvalue weighted by Gasteiger charge is 2.15. The van der Waals surface area contributed by atoms with Crippen molar-refractivity contribution in [3.8, 4) is 11.3 Å². The van der Waals surface area contributed by atoms with Gasteiger partial charge in [0.1, 0.15) is 0 Å². The summed E-state index contributed by atoms with van der Waals surface area (Å²) < 4.78 is 13.1. The zero-order valence-corrected chi connectivity index (χ0v) is 8.50. The predicted octanol–water partition coefficient (Wildman–Crippen LogP) is 1.77. The third kappa shape index (κ3) is 2.17. The fourth-order valence-electron chi connectivity index (χ4n) is 1.35. The lowest BCUT2D eigenvalue weighted by molar-refractivity contribution is -0.387. The van der Waals surface area contributed by atoms with E-state index in [0.29, 0.717) is 11.3 Å². The average molecular weight is 234 g/mol. The number of nitrogen functional groups attached to an aromatic ring is 1. The van der Waals surface area contributed by atoms with Crippen LogP contribution in [0.5, 0.6) is 0 Å². The van der Waals surface area contributed by atoms with E-state index in [1.807, 2.05) is 0 Å². The number of nitrogens with zero attached hydrogens (tertiary/aromatic N) is 3. The van der Waals surface area contributed by atoms with Crippen LogP contribution in [0.2, 0.25) is 0 Å². The van der Waals surface area contributed by atoms with E-state index in [1.54, 1.807) is 0 Å². The molecule has 2 N–H and O–H groups in total. The fraction of sp³-hybridized carbons (Fsp3) is 0. The number of aromatic nitrogens is 2. The van der Waals surface area contributed by atoms with Crippen molar-refractivity contribution in [3.05, 3.63) is 46.4 Å². The molecule has 0 aliphatic carbocycles. The first-order valence-electron chi connectivity index (χ1n) is 4.61. The van der Waals surface area contributed by atoms with Gasteiger partial charge in [0.2, 0.25) is 11.8 Å². The molecule has 0 fully saturated rings. The van der Waals surface area contributed by atoms with E-state index in [1.165, 1.54) is 18.3 Å². The normalized spacial score (nSPS) is 10.2. The Bertz CT molecular complexity index is 588. The molecule has 17 heavy (non-hydrogen) atoms. The van der Waals surface area contributed by atoms with Crippen molar-refractivity contribution in [3.63, 3.8) is 0 Å². The number of halogens is 1. The third-order valence-electron chi connectivity index (χ3n) is 2.11. The Kier molecular flexibility index (Phi) is 2.65. The van der Waals surface area contributed by atoms with Crippen LogP contribution < -0.4 is 5.73 Å². The number of rotatable bonds is 2. The Morgan fingerprint density at radius 3 is 2.76 bits per heavy atom. The lowest BCUT2D eigenvalue weighted by Gasteiger charge is -2.01. The molecule has 1 aromatic heterocycles. The topological polar surface area (TPSA) is 94.9 Å². The van der Waals surface area contributed by atoms with Gasteiger partial charge in [-0.1, -0.05) is 0 Å². The number of nitro benzene ring substituents is 1. The molecule has 0 saturated heterocycles. The fourth-order valence-corrected chi connectivity index (χ4v) is 1.35. The molecule has 0 spiro atoms. The molecule has 0 atom stereocenters. The predicted molar refractivity (Wildman–Crippen MR) is 58.5 cm³/mol. The highest BCUT2D eigenvalue weighted by molar-refractivity contribution is 5.63. The number of hydrogen-bond donors (Lipinski definition) is 1. The van der Waals surface area contributed by atoms with Crippen LogP contribution in [0.15, 0.2) is 30.5 Å². The molecular weight excluding hydrogens is 227 g/mol. The van der Waals surface area contributed by atoms with Gasteiger partial charge in [-0.15, -0.1) is 0 Å². The molecule has 0 saturated carbocycles. The summed E-state index contributed by atoms with van der Waals surface area (Å²) in [6.45, 7) is 0. The maximum atomic E-state index is 13.1. The van der Waals surface area contributed by atoms with Gasteiger partial charge in [-0.3, -0.25) is 10.1 Å². The van der Waals surface area contributed by atoms with E-state index in [0.717, 1.165) is 12.1 Å². The van der Waals surface area contributed by atoms with Gasteiger partial charge in [0, 0.05) is 17.8 Å². The summed E-state index contributed by atoms with van der Waals surface area (Å²) in [5.41, 5.74) is 5.61. The van der Waals surface area contributed by atoms with Crippen molar-refractivity contribution < 1.29 is 9.31 Å². The first-order chi connectivity index (χ1) is 8.08. The monoisotopic (exact) mass is 234 g/mol. The maximum absolute atomic E-state index is 13.1. The van der Waals surface area contributed by atoms with Crippen molar-refractivity contribution >= 4 is 11.6 Å². The van der Waals surface area contributed by atoms with E-state index in [4.69, 9.17) is 5.73 Å². The Balaban J connectivity index is 2.54. The van der Waals surface area contributed by atoms with Gasteiger partial charge in [0.25, 0.3) is 0 Å². The third-order valence-corrected chi connectivity index (χ3v) is 2.11. The van der Waals surface area contributed by atoms with Gasteiger partial charge < -0.3 is 5.73 Å². The molecular formula is C10H7FN4O2. The highest BCUT2D eigenvalue weighted by Crippen LogP contribution is 2.24. The van der Waals surface area contributed by atoms with E-state index < -0.39 is 16.4 Å². The van der Waals surface area contributed by atoms with Gasteiger partial charge in [-0.05, 0) is 18.2 Å². The van der Waals surface area contributed by atoms with Crippen molar-refractivity contribution in [2.45, 2.75) is 0 Å². The van der Waals surface area contributed by atoms with E-state index >= 15 is 0 Å². The first-order valence-corrected chi connectivity index (χ1v) is 4.61. The standard InChI is InChI=1S/C10H7FN4O2/c11-7-2-1-6(5-9(7)15(16)17)8-3-4-13-10(12)14-8/h1-5H,(H2,12,13,14). The number of nitrogens with two attached hydrogens (primary N) is 1. The Labute approximate surface area is 95.1 Å². The molecule has 2 rings (SSSR count). The lowest BCUT2D eigenvalue weighted by Crippen LogP contribution is -1.97. The number of benzene rings is 1. The first kappa shape index (κ1) is 10.9. The molecule has 0 bridgehead atoms. The summed E-state index contributed by atoms with van der Waals surface area (Å²) in [4.78, 5) is 17.4. The van der Waals surface area contributed by atoms with Crippen LogP contribution in [0.4, 0.5) is 16.0 Å². The van der Waals surface area contributed by atoms with Crippen molar-refractivity contribution in [2.24, 2.45) is 0 Å². The molecule has 0 radical (unpaired) electrons. The molecule has 7 heteroatoms. The molecule has 2 aromatic rings. The van der Waals surface area contributed by atoms with Crippen LogP contribution in [-0.4, -0.2) is 14.9 Å². The van der Waals surface area contributed by atoms with Gasteiger partial charge in [0.15, 0.2) is 0 Å². The van der Waals surface area contributed by atoms with Crippen LogP contribution in [0.25, 0.3) is 11.3 Å². The summed E-state index contributed by atoms with van der Waals surface area (Å²) in [6.07, 6.45) is 1.42.